The van der Waals surface area contributed by atoms with Gasteiger partial charge in [0.2, 0.25) is 0 Å². The first-order chi connectivity index (χ1) is 16.3. The molecule has 4 aromatic rings. The molecule has 1 heterocycles. The van der Waals surface area contributed by atoms with Crippen molar-refractivity contribution >= 4 is 38.7 Å². The zero-order valence-corrected chi connectivity index (χ0v) is 20.9. The lowest BCUT2D eigenvalue weighted by atomic mass is 9.96. The van der Waals surface area contributed by atoms with Gasteiger partial charge in [0, 0.05) is 34.1 Å². The predicted molar refractivity (Wildman–Crippen MR) is 151 cm³/mol. The summed E-state index contributed by atoms with van der Waals surface area (Å²) < 4.78 is 2.38. The highest BCUT2D eigenvalue weighted by atomic mass is 15.0. The lowest BCUT2D eigenvalue weighted by molar-refractivity contribution is 0.827. The zero-order chi connectivity index (χ0) is 24.4. The molecule has 0 unspecified atom stereocenters. The van der Waals surface area contributed by atoms with Crippen molar-refractivity contribution in [2.45, 2.75) is 40.7 Å². The molecule has 2 heteroatoms. The van der Waals surface area contributed by atoms with Gasteiger partial charge in [-0.2, -0.15) is 0 Å². The monoisotopic (exact) mass is 446 g/mol. The molecule has 4 rings (SSSR count). The quantitative estimate of drug-likeness (QED) is 0.191. The Morgan fingerprint density at radius 2 is 1.32 bits per heavy atom. The van der Waals surface area contributed by atoms with Gasteiger partial charge in [-0.1, -0.05) is 68.6 Å². The number of fused-ring (bicyclic) bond motifs is 3. The Kier molecular flexibility index (Phi) is 6.70. The van der Waals surface area contributed by atoms with E-state index in [9.17, 15) is 0 Å². The lowest BCUT2D eigenvalue weighted by Gasteiger charge is -2.09. The van der Waals surface area contributed by atoms with Crippen LogP contribution in [-0.2, 0) is 13.0 Å². The molecule has 0 fully saturated rings. The number of nitrogens with zero attached hydrogens (tertiary/aromatic N) is 2. The predicted octanol–water partition coefficient (Wildman–Crippen LogP) is 8.49. The topological polar surface area (TPSA) is 17.3 Å². The number of benzene rings is 3. The second kappa shape index (κ2) is 9.69. The normalized spacial score (nSPS) is 11.8. The summed E-state index contributed by atoms with van der Waals surface area (Å²) >= 11 is 0. The maximum atomic E-state index is 4.65. The molecule has 0 saturated heterocycles. The lowest BCUT2D eigenvalue weighted by Crippen LogP contribution is -1.98. The van der Waals surface area contributed by atoms with Crippen LogP contribution in [0.1, 0.15) is 49.9 Å². The Morgan fingerprint density at radius 1 is 0.765 bits per heavy atom. The Balaban J connectivity index is 1.81. The summed E-state index contributed by atoms with van der Waals surface area (Å²) in [5.41, 5.74) is 11.2. The number of rotatable bonds is 8. The minimum Gasteiger partial charge on any atom is -0.341 e. The van der Waals surface area contributed by atoms with Crippen LogP contribution < -0.4 is 0 Å². The van der Waals surface area contributed by atoms with Crippen LogP contribution in [0.15, 0.2) is 91.0 Å². The molecule has 0 amide bonds. The van der Waals surface area contributed by atoms with Crippen LogP contribution in [0.3, 0.4) is 0 Å². The van der Waals surface area contributed by atoms with Gasteiger partial charge in [-0.15, -0.1) is 0 Å². The van der Waals surface area contributed by atoms with Crippen LogP contribution in [-0.4, -0.2) is 16.8 Å². The average molecular weight is 447 g/mol. The third-order valence-corrected chi connectivity index (χ3v) is 6.61. The molecular weight excluding hydrogens is 412 g/mol. The maximum absolute atomic E-state index is 4.65. The van der Waals surface area contributed by atoms with Gasteiger partial charge in [0.25, 0.3) is 0 Å². The third-order valence-electron chi connectivity index (χ3n) is 6.61. The van der Waals surface area contributed by atoms with Crippen molar-refractivity contribution in [1.82, 2.24) is 4.57 Å². The van der Waals surface area contributed by atoms with Gasteiger partial charge in [-0.05, 0) is 84.9 Å². The van der Waals surface area contributed by atoms with Crippen molar-refractivity contribution < 1.29 is 0 Å². The van der Waals surface area contributed by atoms with Crippen molar-refractivity contribution in [3.8, 4) is 0 Å². The molecule has 34 heavy (non-hydrogen) atoms. The first kappa shape index (κ1) is 23.5. The van der Waals surface area contributed by atoms with E-state index in [0.29, 0.717) is 6.54 Å². The molecule has 0 aliphatic heterocycles. The number of aliphatic imine (C=N–C) groups is 1. The maximum Gasteiger partial charge on any atom is 0.0597 e. The van der Waals surface area contributed by atoms with Crippen LogP contribution in [0.4, 0.5) is 0 Å². The zero-order valence-electron chi connectivity index (χ0n) is 20.9. The number of allylic oxidation sites excluding steroid dienone is 1. The van der Waals surface area contributed by atoms with E-state index in [1.807, 2.05) is 13.8 Å². The van der Waals surface area contributed by atoms with Crippen molar-refractivity contribution in [1.29, 1.82) is 0 Å². The summed E-state index contributed by atoms with van der Waals surface area (Å²) in [4.78, 5) is 4.65. The van der Waals surface area contributed by atoms with Gasteiger partial charge in [0.05, 0.1) is 6.54 Å². The molecule has 172 valence electrons. The van der Waals surface area contributed by atoms with Crippen molar-refractivity contribution in [3.63, 3.8) is 0 Å². The van der Waals surface area contributed by atoms with E-state index in [1.54, 1.807) is 0 Å². The van der Waals surface area contributed by atoms with Gasteiger partial charge in [0.1, 0.15) is 0 Å². The van der Waals surface area contributed by atoms with Crippen molar-refractivity contribution in [2.75, 3.05) is 6.54 Å². The highest BCUT2D eigenvalue weighted by Crippen LogP contribution is 2.34. The molecule has 1 aromatic heterocycles. The van der Waals surface area contributed by atoms with E-state index in [2.05, 4.69) is 104 Å². The Bertz CT molecular complexity index is 1440. The first-order valence-corrected chi connectivity index (χ1v) is 12.0. The number of aryl methyl sites for hydroxylation is 2. The smallest absolute Gasteiger partial charge is 0.0597 e. The van der Waals surface area contributed by atoms with Crippen LogP contribution in [0.5, 0.6) is 0 Å². The highest BCUT2D eigenvalue weighted by Gasteiger charge is 2.14. The van der Waals surface area contributed by atoms with Crippen LogP contribution in [0.25, 0.3) is 33.0 Å². The molecular formula is C32H34N2. The molecule has 2 nitrogen and oxygen atoms in total. The van der Waals surface area contributed by atoms with E-state index < -0.39 is 0 Å². The van der Waals surface area contributed by atoms with Gasteiger partial charge in [0.15, 0.2) is 0 Å². The molecule has 0 aliphatic rings. The molecule has 0 N–H and O–H groups in total. The summed E-state index contributed by atoms with van der Waals surface area (Å²) in [6, 6.07) is 22.1. The van der Waals surface area contributed by atoms with Gasteiger partial charge >= 0.3 is 0 Å². The van der Waals surface area contributed by atoms with E-state index >= 15 is 0 Å². The molecule has 0 bridgehead atoms. The second-order valence-corrected chi connectivity index (χ2v) is 9.07. The molecule has 0 saturated carbocycles. The van der Waals surface area contributed by atoms with E-state index in [1.165, 1.54) is 27.4 Å². The summed E-state index contributed by atoms with van der Waals surface area (Å²) in [5.74, 6) is 0. The second-order valence-electron chi connectivity index (χ2n) is 9.07. The van der Waals surface area contributed by atoms with Gasteiger partial charge in [-0.25, -0.2) is 0 Å². The van der Waals surface area contributed by atoms with Crippen molar-refractivity contribution in [2.24, 2.45) is 4.99 Å². The van der Waals surface area contributed by atoms with Crippen LogP contribution >= 0.6 is 0 Å². The molecule has 3 aromatic carbocycles. The minimum atomic E-state index is 0.632. The number of aromatic nitrogens is 1. The molecule has 0 aliphatic carbocycles. The fraction of sp³-hybridized carbons (Fsp3) is 0.219. The third kappa shape index (κ3) is 4.41. The van der Waals surface area contributed by atoms with Gasteiger partial charge in [-0.3, -0.25) is 4.99 Å². The van der Waals surface area contributed by atoms with Gasteiger partial charge < -0.3 is 4.57 Å². The fourth-order valence-corrected chi connectivity index (χ4v) is 4.49. The minimum absolute atomic E-state index is 0.632. The van der Waals surface area contributed by atoms with E-state index in [4.69, 9.17) is 0 Å². The van der Waals surface area contributed by atoms with E-state index in [-0.39, 0.29) is 0 Å². The van der Waals surface area contributed by atoms with Crippen LogP contribution in [0, 0.1) is 0 Å². The highest BCUT2D eigenvalue weighted by molar-refractivity contribution is 6.23. The average Bonchev–Trinajstić information content (AvgIpc) is 3.18. The summed E-state index contributed by atoms with van der Waals surface area (Å²) in [5, 5.41) is 2.48. The molecule has 0 radical (unpaired) electrons. The molecule has 0 atom stereocenters. The summed E-state index contributed by atoms with van der Waals surface area (Å²) in [6.07, 6.45) is 1.04. The fourth-order valence-electron chi connectivity index (χ4n) is 4.49. The number of hydrogen-bond donors (Lipinski definition) is 0. The summed E-state index contributed by atoms with van der Waals surface area (Å²) in [7, 11) is 0. The van der Waals surface area contributed by atoms with Crippen LogP contribution in [0.2, 0.25) is 0 Å². The first-order valence-electron chi connectivity index (χ1n) is 12.0. The largest absolute Gasteiger partial charge is 0.341 e. The Morgan fingerprint density at radius 3 is 1.88 bits per heavy atom. The SMILES string of the molecule is C=C(C)C/N=C(\C)C(=C)c1ccc2c(c1)c1cc(C(=C)c3ccc(CC)cc3)ccc1n2CC. The Hall–Kier alpha value is -3.65. The standard InChI is InChI=1S/C32H34N2/c1-8-25-10-12-26(13-11-25)23(6)28-15-17-32-30(19-28)29-18-27(14-16-31(29)34(32)9-2)22(5)24(7)33-20-21(3)4/h10-19H,3,5-6,8-9,20H2,1-2,4,7H3/b33-24+. The molecule has 0 spiro atoms. The number of hydrogen-bond acceptors (Lipinski definition) is 1. The van der Waals surface area contributed by atoms with Crippen molar-refractivity contribution in [3.05, 3.63) is 108 Å². The Labute approximate surface area is 203 Å². The summed E-state index contributed by atoms with van der Waals surface area (Å²) in [6.45, 7) is 22.7. The van der Waals surface area contributed by atoms with E-state index in [0.717, 1.165) is 52.1 Å².